The topological polar surface area (TPSA) is 12.9 Å². The van der Waals surface area contributed by atoms with Crippen molar-refractivity contribution in [1.82, 2.24) is 4.98 Å². The lowest BCUT2D eigenvalue weighted by atomic mass is 10.3. The van der Waals surface area contributed by atoms with E-state index in [0.717, 1.165) is 11.8 Å². The second-order valence-corrected chi connectivity index (χ2v) is 2.51. The highest BCUT2D eigenvalue weighted by atomic mass is 19.1. The molecule has 0 N–H and O–H groups in total. The van der Waals surface area contributed by atoms with Crippen LogP contribution in [0.3, 0.4) is 0 Å². The lowest BCUT2D eigenvalue weighted by Gasteiger charge is -1.92. The number of nitrogens with zero attached hydrogens (tertiary/aromatic N) is 1. The SMILES string of the molecule is C=C/C(F)=c1/nc(C)ccc1=C. The predicted molar refractivity (Wildman–Crippen MR) is 48.5 cm³/mol. The van der Waals surface area contributed by atoms with Gasteiger partial charge in [-0.3, -0.25) is 4.98 Å². The summed E-state index contributed by atoms with van der Waals surface area (Å²) in [5.41, 5.74) is 0.773. The van der Waals surface area contributed by atoms with E-state index in [-0.39, 0.29) is 5.35 Å². The number of hydrogen-bond donors (Lipinski definition) is 0. The molecule has 0 spiro atoms. The molecule has 0 saturated heterocycles. The molecular formula is C10H10FN. The van der Waals surface area contributed by atoms with Crippen LogP contribution in [0.2, 0.25) is 0 Å². The largest absolute Gasteiger partial charge is 0.250 e. The second kappa shape index (κ2) is 3.30. The molecule has 0 atom stereocenters. The normalized spacial score (nSPS) is 12.5. The van der Waals surface area contributed by atoms with Crippen LogP contribution in [0.25, 0.3) is 12.4 Å². The van der Waals surface area contributed by atoms with Crippen molar-refractivity contribution in [2.75, 3.05) is 0 Å². The first-order chi connectivity index (χ1) is 5.65. The molecule has 2 heteroatoms. The van der Waals surface area contributed by atoms with Gasteiger partial charge in [-0.1, -0.05) is 19.2 Å². The van der Waals surface area contributed by atoms with E-state index >= 15 is 0 Å². The number of allylic oxidation sites excluding steroid dienone is 1. The number of hydrogen-bond acceptors (Lipinski definition) is 1. The van der Waals surface area contributed by atoms with E-state index in [1.54, 1.807) is 19.1 Å². The summed E-state index contributed by atoms with van der Waals surface area (Å²) in [6.07, 6.45) is 1.14. The Labute approximate surface area is 70.6 Å². The maximum absolute atomic E-state index is 13.0. The van der Waals surface area contributed by atoms with Gasteiger partial charge >= 0.3 is 0 Å². The van der Waals surface area contributed by atoms with E-state index < -0.39 is 5.83 Å². The number of aromatic nitrogens is 1. The molecule has 0 aromatic carbocycles. The van der Waals surface area contributed by atoms with Gasteiger partial charge in [0.15, 0.2) is 0 Å². The van der Waals surface area contributed by atoms with Crippen LogP contribution in [-0.4, -0.2) is 4.98 Å². The molecule has 0 radical (unpaired) electrons. The van der Waals surface area contributed by atoms with Crippen molar-refractivity contribution in [1.29, 1.82) is 0 Å². The van der Waals surface area contributed by atoms with Crippen LogP contribution in [0.15, 0.2) is 24.8 Å². The lowest BCUT2D eigenvalue weighted by Crippen LogP contribution is -2.28. The molecule has 62 valence electrons. The molecule has 12 heavy (non-hydrogen) atoms. The van der Waals surface area contributed by atoms with Crippen molar-refractivity contribution in [2.24, 2.45) is 0 Å². The quantitative estimate of drug-likeness (QED) is 0.603. The molecule has 1 heterocycles. The van der Waals surface area contributed by atoms with E-state index in [1.807, 2.05) is 0 Å². The fourth-order valence-electron chi connectivity index (χ4n) is 0.889. The Hall–Kier alpha value is -1.44. The molecule has 0 fully saturated rings. The van der Waals surface area contributed by atoms with E-state index in [0.29, 0.717) is 5.22 Å². The minimum Gasteiger partial charge on any atom is -0.250 e. The van der Waals surface area contributed by atoms with Gasteiger partial charge < -0.3 is 0 Å². The minimum absolute atomic E-state index is 0.282. The molecule has 1 rings (SSSR count). The Morgan fingerprint density at radius 2 is 2.25 bits per heavy atom. The molecule has 0 aliphatic heterocycles. The van der Waals surface area contributed by atoms with Gasteiger partial charge in [0.2, 0.25) is 0 Å². The van der Waals surface area contributed by atoms with Gasteiger partial charge in [-0.05, 0) is 24.3 Å². The van der Waals surface area contributed by atoms with Gasteiger partial charge in [-0.25, -0.2) is 4.39 Å². The Kier molecular flexibility index (Phi) is 2.38. The number of halogens is 1. The Bertz CT molecular complexity index is 406. The first-order valence-corrected chi connectivity index (χ1v) is 3.60. The molecule has 0 aliphatic rings. The van der Waals surface area contributed by atoms with Crippen molar-refractivity contribution < 1.29 is 4.39 Å². The molecule has 0 unspecified atom stereocenters. The van der Waals surface area contributed by atoms with Crippen molar-refractivity contribution >= 4 is 12.4 Å². The molecule has 0 amide bonds. The highest BCUT2D eigenvalue weighted by Crippen LogP contribution is 1.91. The molecule has 0 saturated carbocycles. The zero-order valence-corrected chi connectivity index (χ0v) is 6.97. The Morgan fingerprint density at radius 1 is 1.58 bits per heavy atom. The molecule has 1 nitrogen and oxygen atoms in total. The molecule has 0 bridgehead atoms. The minimum atomic E-state index is -0.427. The van der Waals surface area contributed by atoms with Crippen LogP contribution in [0.5, 0.6) is 0 Å². The monoisotopic (exact) mass is 163 g/mol. The lowest BCUT2D eigenvalue weighted by molar-refractivity contribution is 0.753. The van der Waals surface area contributed by atoms with Gasteiger partial charge in [-0.2, -0.15) is 0 Å². The van der Waals surface area contributed by atoms with Gasteiger partial charge in [-0.15, -0.1) is 0 Å². The zero-order chi connectivity index (χ0) is 9.14. The molecule has 1 aromatic rings. The smallest absolute Gasteiger partial charge is 0.148 e. The van der Waals surface area contributed by atoms with Crippen molar-refractivity contribution in [3.05, 3.63) is 41.0 Å². The number of rotatable bonds is 1. The van der Waals surface area contributed by atoms with Crippen LogP contribution in [0.4, 0.5) is 4.39 Å². The third kappa shape index (κ3) is 1.59. The van der Waals surface area contributed by atoms with Crippen LogP contribution in [0.1, 0.15) is 5.69 Å². The summed E-state index contributed by atoms with van der Waals surface area (Å²) < 4.78 is 13.0. The molecule has 1 aromatic heterocycles. The van der Waals surface area contributed by atoms with Gasteiger partial charge in [0, 0.05) is 5.69 Å². The van der Waals surface area contributed by atoms with Crippen molar-refractivity contribution in [2.45, 2.75) is 6.92 Å². The predicted octanol–water partition coefficient (Wildman–Crippen LogP) is 1.06. The molecule has 0 aliphatic carbocycles. The fraction of sp³-hybridized carbons (Fsp3) is 0.100. The first-order valence-electron chi connectivity index (χ1n) is 3.60. The van der Waals surface area contributed by atoms with E-state index in [1.165, 1.54) is 0 Å². The number of pyridine rings is 1. The average molecular weight is 163 g/mol. The summed E-state index contributed by atoms with van der Waals surface area (Å²) in [5, 5.41) is 0.864. The van der Waals surface area contributed by atoms with Crippen molar-refractivity contribution in [3.63, 3.8) is 0 Å². The number of aryl methyl sites for hydroxylation is 1. The molecular weight excluding hydrogens is 153 g/mol. The maximum atomic E-state index is 13.0. The van der Waals surface area contributed by atoms with E-state index in [2.05, 4.69) is 18.1 Å². The second-order valence-electron chi connectivity index (χ2n) is 2.51. The standard InChI is InChI=1S/C10H10FN/c1-4-9(11)10-7(2)5-6-8(3)12-10/h4-6H,1-2H2,3H3/b10-9-. The van der Waals surface area contributed by atoms with Gasteiger partial charge in [0.25, 0.3) is 0 Å². The van der Waals surface area contributed by atoms with Crippen LogP contribution >= 0.6 is 0 Å². The van der Waals surface area contributed by atoms with Crippen LogP contribution < -0.4 is 10.6 Å². The third-order valence-electron chi connectivity index (χ3n) is 1.52. The third-order valence-corrected chi connectivity index (χ3v) is 1.52. The highest BCUT2D eigenvalue weighted by Gasteiger charge is 1.93. The maximum Gasteiger partial charge on any atom is 0.148 e. The van der Waals surface area contributed by atoms with E-state index in [4.69, 9.17) is 0 Å². The Balaban J connectivity index is 3.63. The zero-order valence-electron chi connectivity index (χ0n) is 6.97. The first kappa shape index (κ1) is 8.65. The summed E-state index contributed by atoms with van der Waals surface area (Å²) in [4.78, 5) is 4.00. The van der Waals surface area contributed by atoms with E-state index in [9.17, 15) is 4.39 Å². The highest BCUT2D eigenvalue weighted by molar-refractivity contribution is 5.45. The summed E-state index contributed by atoms with van der Waals surface area (Å²) in [6.45, 7) is 8.79. The van der Waals surface area contributed by atoms with Crippen LogP contribution in [0, 0.1) is 6.92 Å². The summed E-state index contributed by atoms with van der Waals surface area (Å²) in [6, 6.07) is 3.53. The fourth-order valence-corrected chi connectivity index (χ4v) is 0.889. The van der Waals surface area contributed by atoms with Gasteiger partial charge in [0.05, 0.1) is 0 Å². The summed E-state index contributed by atoms with van der Waals surface area (Å²) in [5.74, 6) is -0.427. The van der Waals surface area contributed by atoms with Crippen LogP contribution in [-0.2, 0) is 0 Å². The van der Waals surface area contributed by atoms with Gasteiger partial charge in [0.1, 0.15) is 11.2 Å². The summed E-state index contributed by atoms with van der Waals surface area (Å²) >= 11 is 0. The Morgan fingerprint density at radius 3 is 2.83 bits per heavy atom. The summed E-state index contributed by atoms with van der Waals surface area (Å²) in [7, 11) is 0. The average Bonchev–Trinajstić information content (AvgIpc) is 2.08. The van der Waals surface area contributed by atoms with Crippen molar-refractivity contribution in [3.8, 4) is 0 Å².